The lowest BCUT2D eigenvalue weighted by molar-refractivity contribution is 0.203. The van der Waals surface area contributed by atoms with E-state index in [0.717, 1.165) is 31.0 Å². The zero-order chi connectivity index (χ0) is 12.8. The number of carbonyl (C=O) groups excluding carboxylic acids is 1. The van der Waals surface area contributed by atoms with Gasteiger partial charge in [0.1, 0.15) is 0 Å². The summed E-state index contributed by atoms with van der Waals surface area (Å²) in [4.78, 5) is 13.8. The van der Waals surface area contributed by atoms with Crippen LogP contribution in [-0.2, 0) is 6.42 Å². The van der Waals surface area contributed by atoms with Gasteiger partial charge in [0.25, 0.3) is 0 Å². The van der Waals surface area contributed by atoms with Crippen molar-refractivity contribution in [2.24, 2.45) is 0 Å². The first-order chi connectivity index (χ1) is 8.75. The minimum absolute atomic E-state index is 0.0861. The molecule has 98 valence electrons. The van der Waals surface area contributed by atoms with Crippen LogP contribution in [0.4, 0.5) is 4.79 Å². The molecule has 0 aliphatic carbocycles. The van der Waals surface area contributed by atoms with E-state index >= 15 is 0 Å². The van der Waals surface area contributed by atoms with Crippen LogP contribution in [0.5, 0.6) is 0 Å². The molecule has 0 spiro atoms. The Labute approximate surface area is 113 Å². The van der Waals surface area contributed by atoms with Gasteiger partial charge in [0.05, 0.1) is 0 Å². The van der Waals surface area contributed by atoms with Crippen LogP contribution in [-0.4, -0.2) is 42.1 Å². The Balaban J connectivity index is 1.73. The highest BCUT2D eigenvalue weighted by Gasteiger charge is 2.15. The van der Waals surface area contributed by atoms with E-state index in [1.807, 2.05) is 16.7 Å². The van der Waals surface area contributed by atoms with Crippen LogP contribution in [0.15, 0.2) is 24.3 Å². The summed E-state index contributed by atoms with van der Waals surface area (Å²) in [6.45, 7) is 4.56. The van der Waals surface area contributed by atoms with Crippen LogP contribution < -0.4 is 5.32 Å². The molecular formula is C14H20N2OS. The standard InChI is InChI=1S/C14H20N2OS/c1-12-3-2-4-13(11-12)5-6-15-14(17)16-7-9-18-10-8-16/h2-4,11H,5-10H2,1H3,(H,15,17). The molecule has 2 rings (SSSR count). The molecular weight excluding hydrogens is 244 g/mol. The van der Waals surface area contributed by atoms with Gasteiger partial charge in [-0.15, -0.1) is 0 Å². The molecule has 1 aliphatic heterocycles. The number of carbonyl (C=O) groups is 1. The SMILES string of the molecule is Cc1cccc(CCNC(=O)N2CCSCC2)c1. The average molecular weight is 264 g/mol. The molecule has 0 atom stereocenters. The maximum Gasteiger partial charge on any atom is 0.317 e. The number of urea groups is 1. The molecule has 1 heterocycles. The Morgan fingerprint density at radius 2 is 2.17 bits per heavy atom. The predicted octanol–water partition coefficient (Wildman–Crippen LogP) is 2.30. The Hall–Kier alpha value is -1.16. The fourth-order valence-corrected chi connectivity index (χ4v) is 2.96. The number of hydrogen-bond acceptors (Lipinski definition) is 2. The summed E-state index contributed by atoms with van der Waals surface area (Å²) < 4.78 is 0. The summed E-state index contributed by atoms with van der Waals surface area (Å²) >= 11 is 1.92. The number of hydrogen-bond donors (Lipinski definition) is 1. The van der Waals surface area contributed by atoms with Gasteiger partial charge in [-0.05, 0) is 18.9 Å². The molecule has 1 saturated heterocycles. The van der Waals surface area contributed by atoms with Crippen molar-refractivity contribution in [3.05, 3.63) is 35.4 Å². The smallest absolute Gasteiger partial charge is 0.317 e. The quantitative estimate of drug-likeness (QED) is 0.908. The van der Waals surface area contributed by atoms with Crippen molar-refractivity contribution in [3.63, 3.8) is 0 Å². The minimum Gasteiger partial charge on any atom is -0.338 e. The average Bonchev–Trinajstić information content (AvgIpc) is 2.40. The second-order valence-corrected chi connectivity index (χ2v) is 5.80. The summed E-state index contributed by atoms with van der Waals surface area (Å²) in [5, 5.41) is 3.00. The summed E-state index contributed by atoms with van der Waals surface area (Å²) in [6.07, 6.45) is 0.899. The maximum absolute atomic E-state index is 11.9. The molecule has 1 aromatic carbocycles. The van der Waals surface area contributed by atoms with Crippen molar-refractivity contribution in [2.45, 2.75) is 13.3 Å². The molecule has 18 heavy (non-hydrogen) atoms. The third kappa shape index (κ3) is 3.95. The minimum atomic E-state index is 0.0861. The molecule has 3 nitrogen and oxygen atoms in total. The first-order valence-corrected chi connectivity index (χ1v) is 7.57. The molecule has 0 aromatic heterocycles. The molecule has 0 saturated carbocycles. The van der Waals surface area contributed by atoms with E-state index in [0.29, 0.717) is 6.54 Å². The van der Waals surface area contributed by atoms with Gasteiger partial charge in [0.15, 0.2) is 0 Å². The number of nitrogens with zero attached hydrogens (tertiary/aromatic N) is 1. The third-order valence-corrected chi connectivity index (χ3v) is 4.01. The number of amides is 2. The highest BCUT2D eigenvalue weighted by molar-refractivity contribution is 7.99. The van der Waals surface area contributed by atoms with Crippen molar-refractivity contribution in [1.82, 2.24) is 10.2 Å². The fourth-order valence-electron chi connectivity index (χ4n) is 2.06. The molecule has 0 radical (unpaired) electrons. The largest absolute Gasteiger partial charge is 0.338 e. The molecule has 1 aliphatic rings. The van der Waals surface area contributed by atoms with Gasteiger partial charge in [-0.25, -0.2) is 4.79 Å². The van der Waals surface area contributed by atoms with E-state index in [1.54, 1.807) is 0 Å². The Kier molecular flexibility index (Phi) is 4.93. The highest BCUT2D eigenvalue weighted by atomic mass is 32.2. The predicted molar refractivity (Wildman–Crippen MR) is 77.2 cm³/mol. The van der Waals surface area contributed by atoms with Crippen molar-refractivity contribution in [2.75, 3.05) is 31.1 Å². The molecule has 0 bridgehead atoms. The summed E-state index contributed by atoms with van der Waals surface area (Å²) in [7, 11) is 0. The zero-order valence-electron chi connectivity index (χ0n) is 10.8. The first kappa shape index (κ1) is 13.3. The topological polar surface area (TPSA) is 32.3 Å². The number of aryl methyl sites for hydroxylation is 1. The van der Waals surface area contributed by atoms with Gasteiger partial charge in [-0.2, -0.15) is 11.8 Å². The lowest BCUT2D eigenvalue weighted by Gasteiger charge is -2.26. The Bertz CT molecular complexity index is 403. The molecule has 4 heteroatoms. The number of benzene rings is 1. The Morgan fingerprint density at radius 1 is 1.39 bits per heavy atom. The van der Waals surface area contributed by atoms with Crippen LogP contribution in [0, 0.1) is 6.92 Å². The highest BCUT2D eigenvalue weighted by Crippen LogP contribution is 2.09. The van der Waals surface area contributed by atoms with Crippen LogP contribution in [0.25, 0.3) is 0 Å². The fraction of sp³-hybridized carbons (Fsp3) is 0.500. The summed E-state index contributed by atoms with van der Waals surface area (Å²) in [5.41, 5.74) is 2.55. The van der Waals surface area contributed by atoms with E-state index in [9.17, 15) is 4.79 Å². The van der Waals surface area contributed by atoms with Crippen molar-refractivity contribution in [1.29, 1.82) is 0 Å². The monoisotopic (exact) mass is 264 g/mol. The number of nitrogens with one attached hydrogen (secondary N) is 1. The van der Waals surface area contributed by atoms with Crippen LogP contribution >= 0.6 is 11.8 Å². The van der Waals surface area contributed by atoms with Crippen molar-refractivity contribution in [3.8, 4) is 0 Å². The van der Waals surface area contributed by atoms with E-state index in [1.165, 1.54) is 11.1 Å². The molecule has 2 amide bonds. The van der Waals surface area contributed by atoms with Gasteiger partial charge in [0, 0.05) is 31.1 Å². The molecule has 1 fully saturated rings. The third-order valence-electron chi connectivity index (χ3n) is 3.07. The lowest BCUT2D eigenvalue weighted by atomic mass is 10.1. The van der Waals surface area contributed by atoms with Crippen LogP contribution in [0.3, 0.4) is 0 Å². The van der Waals surface area contributed by atoms with E-state index < -0.39 is 0 Å². The molecule has 1 N–H and O–H groups in total. The van der Waals surface area contributed by atoms with E-state index in [2.05, 4.69) is 36.5 Å². The summed E-state index contributed by atoms with van der Waals surface area (Å²) in [5.74, 6) is 2.12. The van der Waals surface area contributed by atoms with Crippen molar-refractivity contribution < 1.29 is 4.79 Å². The van der Waals surface area contributed by atoms with Gasteiger partial charge in [-0.3, -0.25) is 0 Å². The maximum atomic E-state index is 11.9. The van der Waals surface area contributed by atoms with Gasteiger partial charge < -0.3 is 10.2 Å². The second kappa shape index (κ2) is 6.69. The number of thioether (sulfide) groups is 1. The summed E-state index contributed by atoms with van der Waals surface area (Å²) in [6, 6.07) is 8.52. The normalized spacial score (nSPS) is 15.5. The number of rotatable bonds is 3. The van der Waals surface area contributed by atoms with Crippen LogP contribution in [0.2, 0.25) is 0 Å². The molecule has 0 unspecified atom stereocenters. The van der Waals surface area contributed by atoms with Gasteiger partial charge >= 0.3 is 6.03 Å². The van der Waals surface area contributed by atoms with Gasteiger partial charge in [-0.1, -0.05) is 29.8 Å². The lowest BCUT2D eigenvalue weighted by Crippen LogP contribution is -2.44. The van der Waals surface area contributed by atoms with E-state index in [4.69, 9.17) is 0 Å². The van der Waals surface area contributed by atoms with Crippen molar-refractivity contribution >= 4 is 17.8 Å². The van der Waals surface area contributed by atoms with E-state index in [-0.39, 0.29) is 6.03 Å². The first-order valence-electron chi connectivity index (χ1n) is 6.42. The molecule has 1 aromatic rings. The zero-order valence-corrected chi connectivity index (χ0v) is 11.6. The van der Waals surface area contributed by atoms with Gasteiger partial charge in [0.2, 0.25) is 0 Å². The Morgan fingerprint density at radius 3 is 2.89 bits per heavy atom. The second-order valence-electron chi connectivity index (χ2n) is 4.57. The van der Waals surface area contributed by atoms with Crippen LogP contribution in [0.1, 0.15) is 11.1 Å².